The first-order valence-electron chi connectivity index (χ1n) is 9.99. The molecule has 1 aliphatic rings. The topological polar surface area (TPSA) is 88.6 Å². The summed E-state index contributed by atoms with van der Waals surface area (Å²) in [6.45, 7) is 4.10. The fraction of sp³-hybridized carbons (Fsp3) is 0.167. The number of benzene rings is 2. The van der Waals surface area contributed by atoms with Gasteiger partial charge in [-0.1, -0.05) is 36.0 Å². The first kappa shape index (κ1) is 21.6. The Hall–Kier alpha value is -3.65. The molecule has 0 aliphatic carbocycles. The molecule has 1 aromatic heterocycles. The summed E-state index contributed by atoms with van der Waals surface area (Å²) in [5.74, 6) is 0.538. The molecule has 4 rings (SSSR count). The van der Waals surface area contributed by atoms with E-state index >= 15 is 0 Å². The van der Waals surface area contributed by atoms with Crippen LogP contribution in [0.1, 0.15) is 27.0 Å². The Morgan fingerprint density at radius 1 is 1.12 bits per heavy atom. The number of nitrogens with one attached hydrogen (secondary N) is 1. The third kappa shape index (κ3) is 4.65. The number of aryl methyl sites for hydroxylation is 1. The minimum absolute atomic E-state index is 0.139. The zero-order valence-corrected chi connectivity index (χ0v) is 18.4. The molecule has 2 aromatic carbocycles. The molecule has 8 heteroatoms. The van der Waals surface area contributed by atoms with Crippen LogP contribution in [0, 0.1) is 13.8 Å². The van der Waals surface area contributed by atoms with Crippen molar-refractivity contribution in [1.82, 2.24) is 9.88 Å². The lowest BCUT2D eigenvalue weighted by molar-refractivity contribution is -0.125. The molecule has 0 spiro atoms. The van der Waals surface area contributed by atoms with Crippen molar-refractivity contribution in [3.8, 4) is 11.6 Å². The largest absolute Gasteiger partial charge is 0.437 e. The van der Waals surface area contributed by atoms with E-state index in [4.69, 9.17) is 4.74 Å². The van der Waals surface area contributed by atoms with Crippen LogP contribution in [-0.2, 0) is 11.3 Å². The maximum Gasteiger partial charge on any atom is 0.289 e. The van der Waals surface area contributed by atoms with Crippen molar-refractivity contribution >= 4 is 34.5 Å². The summed E-state index contributed by atoms with van der Waals surface area (Å²) in [5.41, 5.74) is 3.61. The number of ether oxygens (including phenoxy) is 1. The molecule has 1 fully saturated rings. The van der Waals surface area contributed by atoms with Gasteiger partial charge in [-0.05, 0) is 60.9 Å². The highest BCUT2D eigenvalue weighted by atomic mass is 32.2. The minimum Gasteiger partial charge on any atom is -0.437 e. The lowest BCUT2D eigenvalue weighted by Crippen LogP contribution is -2.28. The third-order valence-electron chi connectivity index (χ3n) is 5.15. The molecule has 1 saturated heterocycles. The molecule has 2 heterocycles. The van der Waals surface area contributed by atoms with Crippen LogP contribution >= 0.6 is 11.8 Å². The van der Waals surface area contributed by atoms with Crippen molar-refractivity contribution in [3.63, 3.8) is 0 Å². The monoisotopic (exact) mass is 447 g/mol. The van der Waals surface area contributed by atoms with Crippen LogP contribution in [0.25, 0.3) is 0 Å². The predicted molar refractivity (Wildman–Crippen MR) is 123 cm³/mol. The molecule has 7 nitrogen and oxygen atoms in total. The van der Waals surface area contributed by atoms with Crippen molar-refractivity contribution in [3.05, 3.63) is 83.0 Å². The van der Waals surface area contributed by atoms with Gasteiger partial charge in [-0.15, -0.1) is 0 Å². The van der Waals surface area contributed by atoms with Gasteiger partial charge >= 0.3 is 0 Å². The van der Waals surface area contributed by atoms with Crippen LogP contribution in [0.4, 0.5) is 10.5 Å². The maximum atomic E-state index is 12.9. The maximum absolute atomic E-state index is 12.9. The average Bonchev–Trinajstić information content (AvgIpc) is 3.10. The van der Waals surface area contributed by atoms with E-state index in [0.717, 1.165) is 22.9 Å². The van der Waals surface area contributed by atoms with Crippen LogP contribution in [0.5, 0.6) is 11.6 Å². The molecule has 162 valence electrons. The number of anilines is 1. The zero-order valence-electron chi connectivity index (χ0n) is 17.6. The fourth-order valence-electron chi connectivity index (χ4n) is 3.23. The number of imide groups is 1. The van der Waals surface area contributed by atoms with Crippen LogP contribution in [0.15, 0.2) is 60.8 Å². The van der Waals surface area contributed by atoms with Crippen LogP contribution in [-0.4, -0.2) is 32.7 Å². The summed E-state index contributed by atoms with van der Waals surface area (Å²) in [6, 6.07) is 16.0. The second kappa shape index (κ2) is 9.23. The van der Waals surface area contributed by atoms with Gasteiger partial charge in [0.1, 0.15) is 11.4 Å². The number of hydrogen-bond donors (Lipinski definition) is 1. The van der Waals surface area contributed by atoms with Gasteiger partial charge in [0.2, 0.25) is 11.8 Å². The summed E-state index contributed by atoms with van der Waals surface area (Å²) in [5, 5.41) is 2.57. The van der Waals surface area contributed by atoms with E-state index in [1.165, 1.54) is 4.90 Å². The number of pyridine rings is 1. The van der Waals surface area contributed by atoms with Crippen molar-refractivity contribution in [2.45, 2.75) is 20.4 Å². The Morgan fingerprint density at radius 3 is 2.72 bits per heavy atom. The van der Waals surface area contributed by atoms with E-state index in [0.29, 0.717) is 22.6 Å². The number of carbonyl (C=O) groups is 3. The van der Waals surface area contributed by atoms with Crippen LogP contribution in [0.2, 0.25) is 0 Å². The fourth-order valence-corrected chi connectivity index (χ4v) is 3.95. The highest BCUT2D eigenvalue weighted by Gasteiger charge is 2.29. The molecule has 1 aliphatic heterocycles. The average molecular weight is 448 g/mol. The van der Waals surface area contributed by atoms with E-state index < -0.39 is 0 Å². The molecular weight excluding hydrogens is 426 g/mol. The van der Waals surface area contributed by atoms with Gasteiger partial charge in [-0.2, -0.15) is 0 Å². The summed E-state index contributed by atoms with van der Waals surface area (Å²) >= 11 is 0.986. The van der Waals surface area contributed by atoms with Crippen molar-refractivity contribution in [2.75, 3.05) is 11.1 Å². The lowest BCUT2D eigenvalue weighted by atomic mass is 10.1. The Bertz CT molecular complexity index is 1200. The van der Waals surface area contributed by atoms with Gasteiger partial charge in [0.25, 0.3) is 11.1 Å². The van der Waals surface area contributed by atoms with Crippen molar-refractivity contribution in [1.29, 1.82) is 0 Å². The molecule has 0 unspecified atom stereocenters. The highest BCUT2D eigenvalue weighted by molar-refractivity contribution is 8.14. The lowest BCUT2D eigenvalue weighted by Gasteiger charge is -2.15. The molecule has 0 radical (unpaired) electrons. The first-order chi connectivity index (χ1) is 15.4. The van der Waals surface area contributed by atoms with E-state index in [1.54, 1.807) is 42.6 Å². The molecule has 3 amide bonds. The van der Waals surface area contributed by atoms with E-state index in [-0.39, 0.29) is 35.2 Å². The first-order valence-corrected chi connectivity index (χ1v) is 11.0. The number of carbonyl (C=O) groups excluding carboxylic acids is 3. The summed E-state index contributed by atoms with van der Waals surface area (Å²) in [4.78, 5) is 42.1. The van der Waals surface area contributed by atoms with Crippen LogP contribution < -0.4 is 10.1 Å². The number of nitrogens with zero attached hydrogens (tertiary/aromatic N) is 2. The number of rotatable bonds is 6. The summed E-state index contributed by atoms with van der Waals surface area (Å²) in [6.07, 6.45) is 1.60. The second-order valence-electron chi connectivity index (χ2n) is 7.35. The molecule has 0 atom stereocenters. The van der Waals surface area contributed by atoms with Gasteiger partial charge in [-0.3, -0.25) is 19.3 Å². The molecular formula is C24H21N3O4S. The molecule has 32 heavy (non-hydrogen) atoms. The van der Waals surface area contributed by atoms with E-state index in [2.05, 4.69) is 10.3 Å². The summed E-state index contributed by atoms with van der Waals surface area (Å²) < 4.78 is 5.98. The van der Waals surface area contributed by atoms with Gasteiger partial charge in [0.15, 0.2) is 0 Å². The predicted octanol–water partition coefficient (Wildman–Crippen LogP) is 4.94. The standard InChI is InChI=1S/C24H21N3O4S/c1-15-6-3-10-20(16(15)2)31-23-19(9-5-11-25-23)26-22(29)18-8-4-7-17(12-18)13-27-21(28)14-32-24(27)30/h3-12H,13-14H2,1-2H3,(H,26,29). The van der Waals surface area contributed by atoms with Gasteiger partial charge in [0, 0.05) is 11.8 Å². The SMILES string of the molecule is Cc1cccc(Oc2ncccc2NC(=O)c2cccc(CN3C(=O)CSC3=O)c2)c1C. The van der Waals surface area contributed by atoms with Crippen molar-refractivity contribution in [2.24, 2.45) is 0 Å². The Morgan fingerprint density at radius 2 is 1.94 bits per heavy atom. The van der Waals surface area contributed by atoms with Gasteiger partial charge in [-0.25, -0.2) is 4.98 Å². The van der Waals surface area contributed by atoms with Crippen molar-refractivity contribution < 1.29 is 19.1 Å². The highest BCUT2D eigenvalue weighted by Crippen LogP contribution is 2.30. The quantitative estimate of drug-likeness (QED) is 0.576. The normalized spacial score (nSPS) is 13.4. The number of aromatic nitrogens is 1. The zero-order chi connectivity index (χ0) is 22.7. The third-order valence-corrected chi connectivity index (χ3v) is 6.01. The second-order valence-corrected chi connectivity index (χ2v) is 8.27. The Labute approximate surface area is 189 Å². The van der Waals surface area contributed by atoms with Gasteiger partial charge < -0.3 is 10.1 Å². The summed E-state index contributed by atoms with van der Waals surface area (Å²) in [7, 11) is 0. The Kier molecular flexibility index (Phi) is 6.23. The molecule has 1 N–H and O–H groups in total. The number of amides is 3. The molecule has 3 aromatic rings. The van der Waals surface area contributed by atoms with E-state index in [1.807, 2.05) is 32.0 Å². The number of hydrogen-bond acceptors (Lipinski definition) is 6. The molecule has 0 saturated carbocycles. The Balaban J connectivity index is 1.52. The molecule has 0 bridgehead atoms. The van der Waals surface area contributed by atoms with Crippen LogP contribution in [0.3, 0.4) is 0 Å². The van der Waals surface area contributed by atoms with E-state index in [9.17, 15) is 14.4 Å². The number of thioether (sulfide) groups is 1. The van der Waals surface area contributed by atoms with Gasteiger partial charge in [0.05, 0.1) is 12.3 Å². The minimum atomic E-state index is -0.348. The smallest absolute Gasteiger partial charge is 0.289 e.